The van der Waals surface area contributed by atoms with Crippen LogP contribution in [-0.2, 0) is 4.79 Å². The van der Waals surface area contributed by atoms with Crippen LogP contribution in [0.3, 0.4) is 0 Å². The number of hydrogen-bond donors (Lipinski definition) is 1. The lowest BCUT2D eigenvalue weighted by atomic mass is 10.0. The summed E-state index contributed by atoms with van der Waals surface area (Å²) >= 11 is 6.06. The van der Waals surface area contributed by atoms with E-state index in [-0.39, 0.29) is 12.5 Å². The van der Waals surface area contributed by atoms with Crippen LogP contribution in [0.1, 0.15) is 41.7 Å². The maximum atomic E-state index is 12.8. The molecule has 5 nitrogen and oxygen atoms in total. The monoisotopic (exact) mass is 332 g/mol. The zero-order valence-corrected chi connectivity index (χ0v) is 13.5. The molecule has 1 N–H and O–H groups in total. The van der Waals surface area contributed by atoms with E-state index in [1.807, 2.05) is 0 Å². The van der Waals surface area contributed by atoms with Crippen LogP contribution in [-0.4, -0.2) is 40.0 Å². The summed E-state index contributed by atoms with van der Waals surface area (Å²) in [5.41, 5.74) is 2.09. The van der Waals surface area contributed by atoms with Gasteiger partial charge in [-0.2, -0.15) is 0 Å². The first-order chi connectivity index (χ1) is 11.0. The fraction of sp³-hybridized carbons (Fsp3) is 0.353. The Bertz CT molecular complexity index is 787. The smallest absolute Gasteiger partial charge is 0.323 e. The molecule has 1 fully saturated rings. The Labute approximate surface area is 138 Å². The lowest BCUT2D eigenvalue weighted by Crippen LogP contribution is -2.35. The third kappa shape index (κ3) is 3.29. The number of fused-ring (bicyclic) bond motifs is 1. The molecule has 0 radical (unpaired) electrons. The predicted molar refractivity (Wildman–Crippen MR) is 87.9 cm³/mol. The molecule has 0 unspecified atom stereocenters. The Morgan fingerprint density at radius 3 is 2.70 bits per heavy atom. The highest BCUT2D eigenvalue weighted by molar-refractivity contribution is 6.31. The first kappa shape index (κ1) is 15.7. The Morgan fingerprint density at radius 2 is 2.09 bits per heavy atom. The van der Waals surface area contributed by atoms with Crippen LogP contribution in [0.5, 0.6) is 0 Å². The van der Waals surface area contributed by atoms with Crippen LogP contribution in [0.15, 0.2) is 24.3 Å². The van der Waals surface area contributed by atoms with Gasteiger partial charge in [0, 0.05) is 28.6 Å². The molecule has 1 heterocycles. The van der Waals surface area contributed by atoms with Gasteiger partial charge >= 0.3 is 5.97 Å². The number of carboxylic acid groups (broad SMARTS) is 1. The van der Waals surface area contributed by atoms with E-state index in [1.54, 1.807) is 31.2 Å². The molecule has 1 aliphatic rings. The molecule has 120 valence electrons. The van der Waals surface area contributed by atoms with Gasteiger partial charge in [-0.25, -0.2) is 0 Å². The lowest BCUT2D eigenvalue weighted by Gasteiger charge is -2.20. The second kappa shape index (κ2) is 6.16. The summed E-state index contributed by atoms with van der Waals surface area (Å²) in [7, 11) is 0. The topological polar surface area (TPSA) is 70.5 Å². The third-order valence-corrected chi connectivity index (χ3v) is 4.25. The molecule has 0 spiro atoms. The SMILES string of the molecule is CCN(CC(=O)O)C(=O)c1cc(C2CC2)nc2ccc(Cl)cc12. The van der Waals surface area contributed by atoms with E-state index in [0.29, 0.717) is 34.0 Å². The van der Waals surface area contributed by atoms with E-state index in [1.165, 1.54) is 4.90 Å². The Morgan fingerprint density at radius 1 is 1.35 bits per heavy atom. The lowest BCUT2D eigenvalue weighted by molar-refractivity contribution is -0.137. The zero-order chi connectivity index (χ0) is 16.6. The quantitative estimate of drug-likeness (QED) is 0.911. The van der Waals surface area contributed by atoms with Gasteiger partial charge in [0.25, 0.3) is 5.91 Å². The van der Waals surface area contributed by atoms with Crippen LogP contribution >= 0.6 is 11.6 Å². The van der Waals surface area contributed by atoms with E-state index in [2.05, 4.69) is 4.98 Å². The number of hydrogen-bond acceptors (Lipinski definition) is 3. The number of carboxylic acids is 1. The largest absolute Gasteiger partial charge is 0.480 e. The molecule has 0 bridgehead atoms. The van der Waals surface area contributed by atoms with Crippen LogP contribution in [0.4, 0.5) is 0 Å². The molecule has 1 aromatic heterocycles. The highest BCUT2D eigenvalue weighted by atomic mass is 35.5. The number of nitrogens with zero attached hydrogens (tertiary/aromatic N) is 2. The van der Waals surface area contributed by atoms with Gasteiger partial charge in [-0.3, -0.25) is 14.6 Å². The fourth-order valence-electron chi connectivity index (χ4n) is 2.64. The summed E-state index contributed by atoms with van der Waals surface area (Å²) in [5.74, 6) is -0.929. The molecule has 23 heavy (non-hydrogen) atoms. The number of aliphatic carboxylic acids is 1. The van der Waals surface area contributed by atoms with Crippen LogP contribution in [0.25, 0.3) is 10.9 Å². The molecule has 1 aliphatic carbocycles. The molecule has 1 saturated carbocycles. The number of carbonyl (C=O) groups excluding carboxylic acids is 1. The summed E-state index contributed by atoms with van der Waals surface area (Å²) in [6.45, 7) is 1.77. The molecule has 0 saturated heterocycles. The molecule has 0 atom stereocenters. The van der Waals surface area contributed by atoms with Gasteiger partial charge in [-0.05, 0) is 44.0 Å². The summed E-state index contributed by atoms with van der Waals surface area (Å²) in [4.78, 5) is 29.7. The second-order valence-electron chi connectivity index (χ2n) is 5.74. The molecule has 2 aromatic rings. The van der Waals surface area contributed by atoms with Gasteiger partial charge in [0.05, 0.1) is 11.1 Å². The average molecular weight is 333 g/mol. The van der Waals surface area contributed by atoms with Crippen molar-refractivity contribution >= 4 is 34.4 Å². The maximum absolute atomic E-state index is 12.8. The Hall–Kier alpha value is -2.14. The zero-order valence-electron chi connectivity index (χ0n) is 12.8. The van der Waals surface area contributed by atoms with E-state index in [0.717, 1.165) is 18.5 Å². The van der Waals surface area contributed by atoms with Crippen LogP contribution < -0.4 is 0 Å². The van der Waals surface area contributed by atoms with E-state index in [4.69, 9.17) is 16.7 Å². The van der Waals surface area contributed by atoms with Gasteiger partial charge in [0.1, 0.15) is 6.54 Å². The minimum Gasteiger partial charge on any atom is -0.480 e. The van der Waals surface area contributed by atoms with Crippen molar-refractivity contribution in [2.24, 2.45) is 0 Å². The predicted octanol–water partition coefficient (Wildman–Crippen LogP) is 3.31. The number of amides is 1. The molecule has 3 rings (SSSR count). The summed E-state index contributed by atoms with van der Waals surface area (Å²) in [5, 5.41) is 10.2. The number of pyridine rings is 1. The van der Waals surface area contributed by atoms with Gasteiger partial charge < -0.3 is 10.0 Å². The second-order valence-corrected chi connectivity index (χ2v) is 6.18. The Balaban J connectivity index is 2.11. The van der Waals surface area contributed by atoms with Gasteiger partial charge in [-0.15, -0.1) is 0 Å². The number of benzene rings is 1. The third-order valence-electron chi connectivity index (χ3n) is 4.01. The van der Waals surface area contributed by atoms with E-state index < -0.39 is 5.97 Å². The number of carbonyl (C=O) groups is 2. The molecular formula is C17H17ClN2O3. The number of halogens is 1. The molecule has 0 aliphatic heterocycles. The van der Waals surface area contributed by atoms with E-state index >= 15 is 0 Å². The minimum atomic E-state index is -1.03. The first-order valence-corrected chi connectivity index (χ1v) is 7.98. The van der Waals surface area contributed by atoms with Crippen molar-refractivity contribution in [1.82, 2.24) is 9.88 Å². The minimum absolute atomic E-state index is 0.300. The van der Waals surface area contributed by atoms with Crippen molar-refractivity contribution in [3.63, 3.8) is 0 Å². The fourth-order valence-corrected chi connectivity index (χ4v) is 2.82. The molecule has 6 heteroatoms. The normalized spacial score (nSPS) is 14.0. The maximum Gasteiger partial charge on any atom is 0.323 e. The van der Waals surface area contributed by atoms with Crippen molar-refractivity contribution in [2.75, 3.05) is 13.1 Å². The van der Waals surface area contributed by atoms with Crippen molar-refractivity contribution in [1.29, 1.82) is 0 Å². The van der Waals surface area contributed by atoms with Crippen LogP contribution in [0, 0.1) is 0 Å². The van der Waals surface area contributed by atoms with E-state index in [9.17, 15) is 9.59 Å². The highest BCUT2D eigenvalue weighted by Gasteiger charge is 2.28. The summed E-state index contributed by atoms with van der Waals surface area (Å²) < 4.78 is 0. The van der Waals surface area contributed by atoms with Crippen molar-refractivity contribution in [3.05, 3.63) is 40.5 Å². The van der Waals surface area contributed by atoms with Crippen molar-refractivity contribution in [2.45, 2.75) is 25.7 Å². The molecule has 1 aromatic carbocycles. The van der Waals surface area contributed by atoms with Gasteiger partial charge in [-0.1, -0.05) is 11.6 Å². The standard InChI is InChI=1S/C17H17ClN2O3/c1-2-20(9-16(21)22)17(23)13-8-15(10-3-4-10)19-14-6-5-11(18)7-12(13)14/h5-8,10H,2-4,9H2,1H3,(H,21,22). The Kier molecular flexibility index (Phi) is 4.22. The highest BCUT2D eigenvalue weighted by Crippen LogP contribution is 2.40. The van der Waals surface area contributed by atoms with Crippen molar-refractivity contribution < 1.29 is 14.7 Å². The number of aromatic nitrogens is 1. The summed E-state index contributed by atoms with van der Waals surface area (Å²) in [6, 6.07) is 7.05. The van der Waals surface area contributed by atoms with Crippen molar-refractivity contribution in [3.8, 4) is 0 Å². The van der Waals surface area contributed by atoms with Gasteiger partial charge in [0.15, 0.2) is 0 Å². The first-order valence-electron chi connectivity index (χ1n) is 7.61. The average Bonchev–Trinajstić information content (AvgIpc) is 3.35. The summed E-state index contributed by atoms with van der Waals surface area (Å²) in [6.07, 6.45) is 2.15. The van der Waals surface area contributed by atoms with Crippen LogP contribution in [0.2, 0.25) is 5.02 Å². The number of likely N-dealkylation sites (N-methyl/N-ethyl adjacent to an activating group) is 1. The molecular weight excluding hydrogens is 316 g/mol. The number of rotatable bonds is 5. The van der Waals surface area contributed by atoms with Gasteiger partial charge in [0.2, 0.25) is 0 Å². The molecule has 1 amide bonds.